The number of hydrogen-bond acceptors (Lipinski definition) is 3. The van der Waals surface area contributed by atoms with Crippen LogP contribution in [0.5, 0.6) is 0 Å². The highest BCUT2D eigenvalue weighted by Gasteiger charge is 2.34. The Morgan fingerprint density at radius 3 is 2.55 bits per heavy atom. The SMILES string of the molecule is Cc1cc(C(F)(F)F)nn1CCC(=O)Nc1nn(Cc2ccccc2Cl)cc1Cl. The molecule has 3 aromatic rings. The zero-order valence-electron chi connectivity index (χ0n) is 15.2. The van der Waals surface area contributed by atoms with Crippen LogP contribution in [0.1, 0.15) is 23.4 Å². The third-order valence-electron chi connectivity index (χ3n) is 4.09. The summed E-state index contributed by atoms with van der Waals surface area (Å²) in [6, 6.07) is 8.19. The summed E-state index contributed by atoms with van der Waals surface area (Å²) < 4.78 is 40.8. The molecule has 1 aromatic carbocycles. The van der Waals surface area contributed by atoms with Crippen LogP contribution >= 0.6 is 23.2 Å². The second kappa shape index (κ2) is 8.46. The van der Waals surface area contributed by atoms with E-state index < -0.39 is 17.8 Å². The summed E-state index contributed by atoms with van der Waals surface area (Å²) in [6.45, 7) is 1.85. The van der Waals surface area contributed by atoms with E-state index in [1.807, 2.05) is 18.2 Å². The minimum absolute atomic E-state index is 0.00824. The maximum absolute atomic E-state index is 12.7. The van der Waals surface area contributed by atoms with Crippen LogP contribution in [0.25, 0.3) is 0 Å². The van der Waals surface area contributed by atoms with Crippen molar-refractivity contribution in [1.82, 2.24) is 19.6 Å². The van der Waals surface area contributed by atoms with Crippen molar-refractivity contribution in [3.05, 3.63) is 63.5 Å². The number of alkyl halides is 3. The van der Waals surface area contributed by atoms with Crippen molar-refractivity contribution in [3.8, 4) is 0 Å². The van der Waals surface area contributed by atoms with E-state index in [0.29, 0.717) is 17.3 Å². The highest BCUT2D eigenvalue weighted by molar-refractivity contribution is 6.33. The molecule has 0 saturated heterocycles. The second-order valence-electron chi connectivity index (χ2n) is 6.30. The van der Waals surface area contributed by atoms with Gasteiger partial charge in [-0.1, -0.05) is 41.4 Å². The van der Waals surface area contributed by atoms with Gasteiger partial charge in [-0.25, -0.2) is 0 Å². The van der Waals surface area contributed by atoms with Gasteiger partial charge in [0.05, 0.1) is 6.54 Å². The quantitative estimate of drug-likeness (QED) is 0.592. The van der Waals surface area contributed by atoms with Crippen LogP contribution in [0.15, 0.2) is 36.5 Å². The molecule has 0 bridgehead atoms. The third kappa shape index (κ3) is 5.30. The van der Waals surface area contributed by atoms with Gasteiger partial charge < -0.3 is 5.32 Å². The molecule has 1 N–H and O–H groups in total. The van der Waals surface area contributed by atoms with Crippen LogP contribution in [-0.4, -0.2) is 25.5 Å². The number of amides is 1. The Labute approximate surface area is 174 Å². The molecule has 3 rings (SSSR count). The van der Waals surface area contributed by atoms with Gasteiger partial charge in [-0.15, -0.1) is 0 Å². The molecule has 0 fully saturated rings. The number of benzene rings is 1. The van der Waals surface area contributed by atoms with Gasteiger partial charge in [0.15, 0.2) is 11.5 Å². The summed E-state index contributed by atoms with van der Waals surface area (Å²) in [5.74, 6) is -0.282. The van der Waals surface area contributed by atoms with Crippen molar-refractivity contribution < 1.29 is 18.0 Å². The lowest BCUT2D eigenvalue weighted by molar-refractivity contribution is -0.141. The van der Waals surface area contributed by atoms with Crippen LogP contribution < -0.4 is 5.32 Å². The highest BCUT2D eigenvalue weighted by Crippen LogP contribution is 2.28. The molecule has 11 heteroatoms. The number of aromatic nitrogens is 4. The van der Waals surface area contributed by atoms with Gasteiger partial charge in [0.1, 0.15) is 5.02 Å². The van der Waals surface area contributed by atoms with Crippen molar-refractivity contribution in [2.45, 2.75) is 32.6 Å². The average molecular weight is 446 g/mol. The topological polar surface area (TPSA) is 64.7 Å². The minimum Gasteiger partial charge on any atom is -0.308 e. The number of rotatable bonds is 6. The largest absolute Gasteiger partial charge is 0.435 e. The molecule has 0 radical (unpaired) electrons. The van der Waals surface area contributed by atoms with Gasteiger partial charge in [0.2, 0.25) is 5.91 Å². The first-order chi connectivity index (χ1) is 13.6. The Balaban J connectivity index is 1.61. The third-order valence-corrected chi connectivity index (χ3v) is 4.73. The first kappa shape index (κ1) is 21.2. The summed E-state index contributed by atoms with van der Waals surface area (Å²) >= 11 is 12.2. The second-order valence-corrected chi connectivity index (χ2v) is 7.12. The maximum Gasteiger partial charge on any atom is 0.435 e. The molecule has 0 spiro atoms. The highest BCUT2D eigenvalue weighted by atomic mass is 35.5. The molecule has 2 heterocycles. The summed E-state index contributed by atoms with van der Waals surface area (Å²) in [7, 11) is 0. The molecule has 2 aromatic heterocycles. The fourth-order valence-corrected chi connectivity index (χ4v) is 3.03. The summed E-state index contributed by atoms with van der Waals surface area (Å²) in [5.41, 5.74) is 0.157. The van der Waals surface area contributed by atoms with E-state index in [4.69, 9.17) is 23.2 Å². The summed E-state index contributed by atoms with van der Waals surface area (Å²) in [5, 5.41) is 11.1. The fourth-order valence-electron chi connectivity index (χ4n) is 2.64. The van der Waals surface area contributed by atoms with Crippen molar-refractivity contribution in [2.24, 2.45) is 0 Å². The normalized spacial score (nSPS) is 11.7. The summed E-state index contributed by atoms with van der Waals surface area (Å²) in [6.07, 6.45) is -3.07. The lowest BCUT2D eigenvalue weighted by atomic mass is 10.2. The van der Waals surface area contributed by atoms with Gasteiger partial charge in [-0.2, -0.15) is 23.4 Å². The molecule has 29 heavy (non-hydrogen) atoms. The van der Waals surface area contributed by atoms with E-state index in [2.05, 4.69) is 15.5 Å². The molecule has 0 atom stereocenters. The molecule has 1 amide bonds. The molecule has 0 saturated carbocycles. The number of nitrogens with zero attached hydrogens (tertiary/aromatic N) is 4. The first-order valence-electron chi connectivity index (χ1n) is 8.51. The van der Waals surface area contributed by atoms with E-state index >= 15 is 0 Å². The summed E-state index contributed by atoms with van der Waals surface area (Å²) in [4.78, 5) is 12.2. The predicted octanol–water partition coefficient (Wildman–Crippen LogP) is 4.79. The van der Waals surface area contributed by atoms with Gasteiger partial charge in [-0.05, 0) is 24.6 Å². The standard InChI is InChI=1S/C18H16Cl2F3N5O/c1-11-8-15(18(21,22)23)25-28(11)7-6-16(29)24-17-14(20)10-27(26-17)9-12-4-2-3-5-13(12)19/h2-5,8,10H,6-7,9H2,1H3,(H,24,26,29). The van der Waals surface area contributed by atoms with E-state index in [1.165, 1.54) is 11.6 Å². The van der Waals surface area contributed by atoms with Crippen LogP contribution in [0.2, 0.25) is 10.0 Å². The van der Waals surface area contributed by atoms with Crippen LogP contribution in [0.4, 0.5) is 19.0 Å². The molecule has 0 aliphatic carbocycles. The molecular formula is C18H16Cl2F3N5O. The van der Waals surface area contributed by atoms with E-state index in [-0.39, 0.29) is 23.8 Å². The Kier molecular flexibility index (Phi) is 6.18. The number of anilines is 1. The maximum atomic E-state index is 12.7. The van der Waals surface area contributed by atoms with Crippen molar-refractivity contribution >= 4 is 34.9 Å². The first-order valence-corrected chi connectivity index (χ1v) is 9.27. The zero-order valence-corrected chi connectivity index (χ0v) is 16.7. The molecule has 0 aliphatic rings. The lowest BCUT2D eigenvalue weighted by Gasteiger charge is -2.06. The monoisotopic (exact) mass is 445 g/mol. The fraction of sp³-hybridized carbons (Fsp3) is 0.278. The van der Waals surface area contributed by atoms with Crippen molar-refractivity contribution in [2.75, 3.05) is 5.32 Å². The molecule has 0 aliphatic heterocycles. The smallest absolute Gasteiger partial charge is 0.308 e. The van der Waals surface area contributed by atoms with Gasteiger partial charge in [0.25, 0.3) is 0 Å². The van der Waals surface area contributed by atoms with Crippen LogP contribution in [0, 0.1) is 6.92 Å². The van der Waals surface area contributed by atoms with Crippen molar-refractivity contribution in [1.29, 1.82) is 0 Å². The molecule has 154 valence electrons. The molecular weight excluding hydrogens is 430 g/mol. The van der Waals surface area contributed by atoms with E-state index in [9.17, 15) is 18.0 Å². The number of carbonyl (C=O) groups is 1. The number of nitrogens with one attached hydrogen (secondary N) is 1. The van der Waals surface area contributed by atoms with Crippen LogP contribution in [-0.2, 0) is 24.1 Å². The van der Waals surface area contributed by atoms with Gasteiger partial charge in [0, 0.05) is 29.9 Å². The zero-order chi connectivity index (χ0) is 21.2. The van der Waals surface area contributed by atoms with Gasteiger partial charge in [-0.3, -0.25) is 14.2 Å². The Morgan fingerprint density at radius 2 is 1.90 bits per heavy atom. The molecule has 6 nitrogen and oxygen atoms in total. The lowest BCUT2D eigenvalue weighted by Crippen LogP contribution is -2.17. The Bertz CT molecular complexity index is 1030. The number of halogens is 5. The van der Waals surface area contributed by atoms with E-state index in [0.717, 1.165) is 16.3 Å². The van der Waals surface area contributed by atoms with E-state index in [1.54, 1.807) is 12.3 Å². The number of hydrogen-bond donors (Lipinski definition) is 1. The van der Waals surface area contributed by atoms with Crippen molar-refractivity contribution in [3.63, 3.8) is 0 Å². The Morgan fingerprint density at radius 1 is 1.17 bits per heavy atom. The number of carbonyl (C=O) groups excluding carboxylic acids is 1. The van der Waals surface area contributed by atoms with Crippen LogP contribution in [0.3, 0.4) is 0 Å². The molecule has 0 unspecified atom stereocenters. The average Bonchev–Trinajstić information content (AvgIpc) is 3.17. The van der Waals surface area contributed by atoms with Gasteiger partial charge >= 0.3 is 6.18 Å². The minimum atomic E-state index is -4.53. The predicted molar refractivity (Wildman–Crippen MR) is 103 cm³/mol. The number of aryl methyl sites for hydroxylation is 2. The Hall–Kier alpha value is -2.52.